The Labute approximate surface area is 103 Å². The maximum atomic E-state index is 6.05. The second kappa shape index (κ2) is 3.96. The summed E-state index contributed by atoms with van der Waals surface area (Å²) in [6.45, 7) is 3.30. The molecule has 0 aromatic heterocycles. The van der Waals surface area contributed by atoms with E-state index in [4.69, 9.17) is 21.1 Å². The lowest BCUT2D eigenvalue weighted by Gasteiger charge is -2.37. The molecule has 15 heavy (non-hydrogen) atoms. The molecule has 1 aromatic rings. The van der Waals surface area contributed by atoms with Crippen molar-refractivity contribution in [2.24, 2.45) is 0 Å². The lowest BCUT2D eigenvalue weighted by Crippen LogP contribution is -2.41. The highest BCUT2D eigenvalue weighted by Crippen LogP contribution is 2.45. The Morgan fingerprint density at radius 3 is 2.60 bits per heavy atom. The Morgan fingerprint density at radius 1 is 1.47 bits per heavy atom. The summed E-state index contributed by atoms with van der Waals surface area (Å²) in [5.41, 5.74) is 2.12. The molecule has 0 bridgehead atoms. The molecule has 1 heterocycles. The standard InChI is InChI=1S/C11H12BrClO2/c1-7-3-8(13)4-9(10(7)14-2)11(12)5-15-6-11/h3-4H,5-6H2,1-2H3. The Hall–Kier alpha value is -0.250. The van der Waals surface area contributed by atoms with E-state index in [0.29, 0.717) is 13.2 Å². The van der Waals surface area contributed by atoms with Crippen molar-refractivity contribution in [2.45, 2.75) is 11.2 Å². The molecule has 0 amide bonds. The van der Waals surface area contributed by atoms with Gasteiger partial charge in [0.05, 0.1) is 20.3 Å². The van der Waals surface area contributed by atoms with Crippen LogP contribution in [0.15, 0.2) is 12.1 Å². The van der Waals surface area contributed by atoms with Crippen LogP contribution in [0.2, 0.25) is 5.02 Å². The Kier molecular flexibility index (Phi) is 2.97. The second-order valence-electron chi connectivity index (χ2n) is 3.76. The van der Waals surface area contributed by atoms with Crippen LogP contribution in [0.5, 0.6) is 5.75 Å². The molecule has 1 saturated heterocycles. The molecule has 0 aliphatic carbocycles. The molecule has 0 spiro atoms. The van der Waals surface area contributed by atoms with E-state index >= 15 is 0 Å². The Balaban J connectivity index is 2.53. The summed E-state index contributed by atoms with van der Waals surface area (Å²) in [5, 5.41) is 0.731. The van der Waals surface area contributed by atoms with E-state index in [2.05, 4.69) is 15.9 Å². The van der Waals surface area contributed by atoms with Crippen LogP contribution in [0.25, 0.3) is 0 Å². The highest BCUT2D eigenvalue weighted by molar-refractivity contribution is 9.09. The minimum atomic E-state index is -0.131. The van der Waals surface area contributed by atoms with Gasteiger partial charge in [-0.1, -0.05) is 27.5 Å². The summed E-state index contributed by atoms with van der Waals surface area (Å²) in [6.07, 6.45) is 0. The van der Waals surface area contributed by atoms with Crippen molar-refractivity contribution >= 4 is 27.5 Å². The van der Waals surface area contributed by atoms with Crippen LogP contribution < -0.4 is 4.74 Å². The number of ether oxygens (including phenoxy) is 2. The maximum Gasteiger partial charge on any atom is 0.126 e. The summed E-state index contributed by atoms with van der Waals surface area (Å²) in [7, 11) is 1.68. The fourth-order valence-electron chi connectivity index (χ4n) is 1.77. The first-order valence-corrected chi connectivity index (χ1v) is 5.85. The van der Waals surface area contributed by atoms with Gasteiger partial charge in [0.2, 0.25) is 0 Å². The van der Waals surface area contributed by atoms with E-state index in [-0.39, 0.29) is 4.32 Å². The van der Waals surface area contributed by atoms with E-state index in [1.54, 1.807) is 7.11 Å². The van der Waals surface area contributed by atoms with Gasteiger partial charge in [-0.25, -0.2) is 0 Å². The van der Waals surface area contributed by atoms with Crippen LogP contribution in [0.3, 0.4) is 0 Å². The lowest BCUT2D eigenvalue weighted by atomic mass is 9.94. The topological polar surface area (TPSA) is 18.5 Å². The molecular formula is C11H12BrClO2. The van der Waals surface area contributed by atoms with E-state index in [9.17, 15) is 0 Å². The van der Waals surface area contributed by atoms with Crippen molar-refractivity contribution in [3.05, 3.63) is 28.3 Å². The monoisotopic (exact) mass is 290 g/mol. The lowest BCUT2D eigenvalue weighted by molar-refractivity contribution is -0.00791. The third-order valence-corrected chi connectivity index (χ3v) is 3.69. The van der Waals surface area contributed by atoms with E-state index in [1.165, 1.54) is 0 Å². The number of methoxy groups -OCH3 is 1. The third kappa shape index (κ3) is 1.88. The summed E-state index contributed by atoms with van der Waals surface area (Å²) in [5.74, 6) is 0.888. The molecule has 1 aliphatic heterocycles. The largest absolute Gasteiger partial charge is 0.496 e. The number of aryl methyl sites for hydroxylation is 1. The summed E-state index contributed by atoms with van der Waals surface area (Å²) in [4.78, 5) is 0. The Morgan fingerprint density at radius 2 is 2.13 bits per heavy atom. The first-order chi connectivity index (χ1) is 7.07. The molecule has 82 valence electrons. The number of hydrogen-bond acceptors (Lipinski definition) is 2. The highest BCUT2D eigenvalue weighted by atomic mass is 79.9. The molecule has 1 fully saturated rings. The zero-order valence-electron chi connectivity index (χ0n) is 8.64. The van der Waals surface area contributed by atoms with E-state index in [1.807, 2.05) is 19.1 Å². The van der Waals surface area contributed by atoms with E-state index in [0.717, 1.165) is 21.9 Å². The average Bonchev–Trinajstić information content (AvgIpc) is 2.13. The Bertz CT molecular complexity index is 388. The van der Waals surface area contributed by atoms with Gasteiger partial charge in [-0.3, -0.25) is 0 Å². The van der Waals surface area contributed by atoms with Gasteiger partial charge in [0, 0.05) is 10.6 Å². The maximum absolute atomic E-state index is 6.05. The van der Waals surface area contributed by atoms with Crippen molar-refractivity contribution in [2.75, 3.05) is 20.3 Å². The van der Waals surface area contributed by atoms with Crippen molar-refractivity contribution in [3.63, 3.8) is 0 Å². The van der Waals surface area contributed by atoms with Crippen LogP contribution in [0.4, 0.5) is 0 Å². The van der Waals surface area contributed by atoms with Crippen molar-refractivity contribution in [1.29, 1.82) is 0 Å². The predicted octanol–water partition coefficient (Wildman–Crippen LogP) is 3.28. The van der Waals surface area contributed by atoms with Crippen molar-refractivity contribution < 1.29 is 9.47 Å². The van der Waals surface area contributed by atoms with Crippen LogP contribution >= 0.6 is 27.5 Å². The normalized spacial score (nSPS) is 18.4. The quantitative estimate of drug-likeness (QED) is 0.779. The highest BCUT2D eigenvalue weighted by Gasteiger charge is 2.40. The van der Waals surface area contributed by atoms with Crippen LogP contribution in [0.1, 0.15) is 11.1 Å². The number of hydrogen-bond donors (Lipinski definition) is 0. The molecule has 4 heteroatoms. The van der Waals surface area contributed by atoms with Crippen LogP contribution in [-0.4, -0.2) is 20.3 Å². The molecule has 0 unspecified atom stereocenters. The minimum absolute atomic E-state index is 0.131. The second-order valence-corrected chi connectivity index (χ2v) is 5.72. The smallest absolute Gasteiger partial charge is 0.126 e. The first-order valence-electron chi connectivity index (χ1n) is 4.68. The molecule has 0 N–H and O–H groups in total. The summed E-state index contributed by atoms with van der Waals surface area (Å²) >= 11 is 9.72. The van der Waals surface area contributed by atoms with Crippen LogP contribution in [-0.2, 0) is 9.06 Å². The van der Waals surface area contributed by atoms with Gasteiger partial charge in [-0.05, 0) is 24.6 Å². The first kappa shape index (κ1) is 11.2. The van der Waals surface area contributed by atoms with Gasteiger partial charge in [-0.2, -0.15) is 0 Å². The fourth-order valence-corrected chi connectivity index (χ4v) is 2.66. The number of benzene rings is 1. The molecule has 1 aromatic carbocycles. The fraction of sp³-hybridized carbons (Fsp3) is 0.455. The zero-order chi connectivity index (χ0) is 11.1. The van der Waals surface area contributed by atoms with Crippen molar-refractivity contribution in [1.82, 2.24) is 0 Å². The van der Waals surface area contributed by atoms with Gasteiger partial charge in [0.1, 0.15) is 10.1 Å². The van der Waals surface area contributed by atoms with Crippen molar-refractivity contribution in [3.8, 4) is 5.75 Å². The van der Waals surface area contributed by atoms with Gasteiger partial charge in [0.15, 0.2) is 0 Å². The number of halogens is 2. The predicted molar refractivity (Wildman–Crippen MR) is 64.2 cm³/mol. The van der Waals surface area contributed by atoms with Gasteiger partial charge >= 0.3 is 0 Å². The minimum Gasteiger partial charge on any atom is -0.496 e. The average molecular weight is 292 g/mol. The van der Waals surface area contributed by atoms with Crippen LogP contribution in [0, 0.1) is 6.92 Å². The third-order valence-electron chi connectivity index (χ3n) is 2.59. The van der Waals surface area contributed by atoms with Gasteiger partial charge in [0.25, 0.3) is 0 Å². The SMILES string of the molecule is COc1c(C)cc(Cl)cc1C1(Br)COC1. The number of alkyl halides is 1. The van der Waals surface area contributed by atoms with E-state index < -0.39 is 0 Å². The van der Waals surface area contributed by atoms with Gasteiger partial charge < -0.3 is 9.47 Å². The number of rotatable bonds is 2. The zero-order valence-corrected chi connectivity index (χ0v) is 11.0. The molecule has 2 rings (SSSR count). The summed E-state index contributed by atoms with van der Waals surface area (Å²) < 4.78 is 10.5. The molecule has 2 nitrogen and oxygen atoms in total. The molecule has 0 radical (unpaired) electrons. The van der Waals surface area contributed by atoms with Gasteiger partial charge in [-0.15, -0.1) is 0 Å². The summed E-state index contributed by atoms with van der Waals surface area (Å²) in [6, 6.07) is 3.84. The molecule has 1 aliphatic rings. The molecular weight excluding hydrogens is 279 g/mol. The molecule has 0 saturated carbocycles. The molecule has 0 atom stereocenters.